The molecule has 4 heterocycles. The molecule has 0 spiro atoms. The van der Waals surface area contributed by atoms with E-state index in [0.717, 1.165) is 31.6 Å². The van der Waals surface area contributed by atoms with Gasteiger partial charge in [-0.3, -0.25) is 9.78 Å². The minimum Gasteiger partial charge on any atom is -0.354 e. The monoisotopic (exact) mass is 458 g/mol. The van der Waals surface area contributed by atoms with E-state index >= 15 is 0 Å². The Labute approximate surface area is 203 Å². The second kappa shape index (κ2) is 9.53. The standard InChI is InChI=1S/C29H38N4O/c1-19(2)28-26-18-23(5-6-27(26)31-29(28)24-7-12-30-20(3)17-24)22-8-13-33(14-9-22)25-10-15-32(16-11-25)21(4)34/h5-7,12,17-19,22,25,31H,8-11,13-16H2,1-4H3. The predicted octanol–water partition coefficient (Wildman–Crippen LogP) is 5.85. The van der Waals surface area contributed by atoms with Crippen LogP contribution in [0.3, 0.4) is 0 Å². The molecule has 0 saturated carbocycles. The third-order valence-electron chi connectivity index (χ3n) is 8.05. The Bertz CT molecular complexity index is 1160. The van der Waals surface area contributed by atoms with Crippen molar-refractivity contribution < 1.29 is 4.79 Å². The van der Waals surface area contributed by atoms with Crippen LogP contribution in [0.25, 0.3) is 22.2 Å². The molecule has 180 valence electrons. The van der Waals surface area contributed by atoms with Crippen LogP contribution < -0.4 is 0 Å². The van der Waals surface area contributed by atoms with Crippen molar-refractivity contribution in [3.05, 3.63) is 53.3 Å². The maximum absolute atomic E-state index is 11.6. The van der Waals surface area contributed by atoms with Gasteiger partial charge in [0.2, 0.25) is 5.91 Å². The lowest BCUT2D eigenvalue weighted by Gasteiger charge is -2.41. The summed E-state index contributed by atoms with van der Waals surface area (Å²) in [6.45, 7) is 12.5. The lowest BCUT2D eigenvalue weighted by molar-refractivity contribution is -0.130. The van der Waals surface area contributed by atoms with E-state index in [1.807, 2.05) is 11.1 Å². The predicted molar refractivity (Wildman–Crippen MR) is 139 cm³/mol. The summed E-state index contributed by atoms with van der Waals surface area (Å²) in [6, 6.07) is 12.0. The van der Waals surface area contributed by atoms with Gasteiger partial charge in [-0.15, -0.1) is 0 Å². The van der Waals surface area contributed by atoms with Crippen LogP contribution in [-0.4, -0.2) is 57.9 Å². The maximum Gasteiger partial charge on any atom is 0.219 e. The molecule has 2 aliphatic rings. The number of likely N-dealkylation sites (tertiary alicyclic amines) is 2. The van der Waals surface area contributed by atoms with Crippen LogP contribution >= 0.6 is 0 Å². The lowest BCUT2D eigenvalue weighted by atomic mass is 9.86. The van der Waals surface area contributed by atoms with E-state index in [4.69, 9.17) is 0 Å². The molecule has 0 aliphatic carbocycles. The molecule has 0 radical (unpaired) electrons. The minimum absolute atomic E-state index is 0.222. The van der Waals surface area contributed by atoms with E-state index in [2.05, 4.69) is 66.0 Å². The summed E-state index contributed by atoms with van der Waals surface area (Å²) >= 11 is 0. The summed E-state index contributed by atoms with van der Waals surface area (Å²) < 4.78 is 0. The molecular formula is C29H38N4O. The van der Waals surface area contributed by atoms with Gasteiger partial charge in [0.15, 0.2) is 0 Å². The number of carbonyl (C=O) groups excluding carboxylic acids is 1. The van der Waals surface area contributed by atoms with E-state index < -0.39 is 0 Å². The number of H-pyrrole nitrogens is 1. The number of aryl methyl sites for hydroxylation is 1. The van der Waals surface area contributed by atoms with Crippen LogP contribution in [0.1, 0.15) is 75.1 Å². The van der Waals surface area contributed by atoms with Gasteiger partial charge in [0, 0.05) is 54.4 Å². The van der Waals surface area contributed by atoms with Gasteiger partial charge < -0.3 is 14.8 Å². The number of carbonyl (C=O) groups is 1. The third kappa shape index (κ3) is 4.50. The van der Waals surface area contributed by atoms with Crippen LogP contribution in [-0.2, 0) is 4.79 Å². The Hall–Kier alpha value is -2.66. The molecule has 0 unspecified atom stereocenters. The molecule has 2 saturated heterocycles. The summed E-state index contributed by atoms with van der Waals surface area (Å²) in [5.41, 5.74) is 7.63. The maximum atomic E-state index is 11.6. The van der Waals surface area contributed by atoms with Gasteiger partial charge in [-0.2, -0.15) is 0 Å². The fraction of sp³-hybridized carbons (Fsp3) is 0.517. The van der Waals surface area contributed by atoms with Crippen molar-refractivity contribution >= 4 is 16.8 Å². The molecule has 1 aromatic carbocycles. The van der Waals surface area contributed by atoms with Gasteiger partial charge in [0.05, 0.1) is 5.69 Å². The van der Waals surface area contributed by atoms with Crippen molar-refractivity contribution in [1.29, 1.82) is 0 Å². The highest BCUT2D eigenvalue weighted by Gasteiger charge is 2.29. The Morgan fingerprint density at radius 2 is 1.76 bits per heavy atom. The first kappa shape index (κ1) is 23.1. The molecule has 34 heavy (non-hydrogen) atoms. The van der Waals surface area contributed by atoms with E-state index in [-0.39, 0.29) is 5.91 Å². The zero-order valence-electron chi connectivity index (χ0n) is 21.1. The molecule has 5 nitrogen and oxygen atoms in total. The zero-order valence-corrected chi connectivity index (χ0v) is 21.1. The van der Waals surface area contributed by atoms with Crippen molar-refractivity contribution in [2.75, 3.05) is 26.2 Å². The number of hydrogen-bond acceptors (Lipinski definition) is 3. The van der Waals surface area contributed by atoms with Gasteiger partial charge in [-0.05, 0) is 92.9 Å². The Morgan fingerprint density at radius 1 is 1.03 bits per heavy atom. The minimum atomic E-state index is 0.222. The molecule has 1 N–H and O–H groups in total. The summed E-state index contributed by atoms with van der Waals surface area (Å²) in [5.74, 6) is 1.29. The third-order valence-corrected chi connectivity index (χ3v) is 8.05. The van der Waals surface area contributed by atoms with Gasteiger partial charge >= 0.3 is 0 Å². The van der Waals surface area contributed by atoms with Crippen molar-refractivity contribution in [1.82, 2.24) is 19.8 Å². The summed E-state index contributed by atoms with van der Waals surface area (Å²) in [6.07, 6.45) is 6.58. The quantitative estimate of drug-likeness (QED) is 0.533. The highest BCUT2D eigenvalue weighted by atomic mass is 16.2. The fourth-order valence-electron chi connectivity index (χ4n) is 6.16. The summed E-state index contributed by atoms with van der Waals surface area (Å²) in [7, 11) is 0. The van der Waals surface area contributed by atoms with Crippen molar-refractivity contribution in [3.63, 3.8) is 0 Å². The van der Waals surface area contributed by atoms with E-state index in [0.29, 0.717) is 17.9 Å². The number of fused-ring (bicyclic) bond motifs is 1. The number of benzene rings is 1. The SMILES string of the molecule is CC(=O)N1CCC(N2CCC(c3ccc4[nH]c(-c5ccnc(C)c5)c(C(C)C)c4c3)CC2)CC1. The molecule has 2 aromatic heterocycles. The average Bonchev–Trinajstić information content (AvgIpc) is 3.23. The average molecular weight is 459 g/mol. The number of aromatic nitrogens is 2. The van der Waals surface area contributed by atoms with E-state index in [1.54, 1.807) is 6.92 Å². The molecular weight excluding hydrogens is 420 g/mol. The highest BCUT2D eigenvalue weighted by molar-refractivity contribution is 5.92. The first-order valence-corrected chi connectivity index (χ1v) is 13.0. The molecule has 1 amide bonds. The van der Waals surface area contributed by atoms with Gasteiger partial charge in [0.25, 0.3) is 0 Å². The highest BCUT2D eigenvalue weighted by Crippen LogP contribution is 2.38. The molecule has 0 bridgehead atoms. The number of hydrogen-bond donors (Lipinski definition) is 1. The van der Waals surface area contributed by atoms with E-state index in [9.17, 15) is 4.79 Å². The smallest absolute Gasteiger partial charge is 0.219 e. The molecule has 5 heteroatoms. The van der Waals surface area contributed by atoms with Crippen molar-refractivity contribution in [2.24, 2.45) is 0 Å². The number of piperidine rings is 2. The molecule has 3 aromatic rings. The molecule has 2 fully saturated rings. The second-order valence-corrected chi connectivity index (χ2v) is 10.6. The molecule has 0 atom stereocenters. The van der Waals surface area contributed by atoms with Crippen molar-refractivity contribution in [2.45, 2.75) is 71.3 Å². The Balaban J connectivity index is 1.33. The van der Waals surface area contributed by atoms with E-state index in [1.165, 1.54) is 59.2 Å². The number of nitrogens with zero attached hydrogens (tertiary/aromatic N) is 3. The van der Waals surface area contributed by atoms with Gasteiger partial charge in [0.1, 0.15) is 0 Å². The summed E-state index contributed by atoms with van der Waals surface area (Å²) in [5, 5.41) is 1.37. The summed E-state index contributed by atoms with van der Waals surface area (Å²) in [4.78, 5) is 24.4. The van der Waals surface area contributed by atoms with Gasteiger partial charge in [-0.25, -0.2) is 0 Å². The fourth-order valence-corrected chi connectivity index (χ4v) is 6.16. The Morgan fingerprint density at radius 3 is 2.41 bits per heavy atom. The number of aromatic amines is 1. The Kier molecular flexibility index (Phi) is 6.48. The number of rotatable bonds is 4. The number of amides is 1. The second-order valence-electron chi connectivity index (χ2n) is 10.6. The molecule has 2 aliphatic heterocycles. The van der Waals surface area contributed by atoms with Crippen LogP contribution in [0.15, 0.2) is 36.5 Å². The zero-order chi connectivity index (χ0) is 23.8. The van der Waals surface area contributed by atoms with Crippen molar-refractivity contribution in [3.8, 4) is 11.3 Å². The van der Waals surface area contributed by atoms with Crippen LogP contribution in [0, 0.1) is 6.92 Å². The number of nitrogens with one attached hydrogen (secondary N) is 1. The lowest BCUT2D eigenvalue weighted by Crippen LogP contribution is -2.48. The van der Waals surface area contributed by atoms with Crippen LogP contribution in [0.2, 0.25) is 0 Å². The van der Waals surface area contributed by atoms with Crippen LogP contribution in [0.5, 0.6) is 0 Å². The largest absolute Gasteiger partial charge is 0.354 e. The first-order chi connectivity index (χ1) is 16.4. The van der Waals surface area contributed by atoms with Crippen LogP contribution in [0.4, 0.5) is 0 Å². The topological polar surface area (TPSA) is 52.2 Å². The van der Waals surface area contributed by atoms with Gasteiger partial charge in [-0.1, -0.05) is 19.9 Å². The molecule has 5 rings (SSSR count). The normalized spacial score (nSPS) is 18.8. The first-order valence-electron chi connectivity index (χ1n) is 13.0. The number of pyridine rings is 1.